The van der Waals surface area contributed by atoms with Crippen molar-refractivity contribution in [2.45, 2.75) is 32.5 Å². The quantitative estimate of drug-likeness (QED) is 0.594. The zero-order chi connectivity index (χ0) is 22.5. The lowest BCUT2D eigenvalue weighted by atomic mass is 10.0. The maximum absolute atomic E-state index is 14.8. The molecule has 0 aromatic heterocycles. The topological polar surface area (TPSA) is 114 Å². The average Bonchev–Trinajstić information content (AvgIpc) is 3.11. The number of primary amides is 1. The zero-order valence-corrected chi connectivity index (χ0v) is 17.4. The van der Waals surface area contributed by atoms with Crippen LogP contribution in [0.3, 0.4) is 0 Å². The van der Waals surface area contributed by atoms with Crippen LogP contribution in [0.5, 0.6) is 0 Å². The van der Waals surface area contributed by atoms with E-state index in [4.69, 9.17) is 10.5 Å². The average molecular weight is 428 g/mol. The number of amides is 3. The molecule has 31 heavy (non-hydrogen) atoms. The number of hydrogen-bond acceptors (Lipinski definition) is 5. The smallest absolute Gasteiger partial charge is 0.414 e. The number of ether oxygens (including phenoxy) is 1. The molecule has 164 valence electrons. The second-order valence-electron chi connectivity index (χ2n) is 7.42. The van der Waals surface area contributed by atoms with Gasteiger partial charge in [0.25, 0.3) is 0 Å². The maximum atomic E-state index is 14.8. The lowest BCUT2D eigenvalue weighted by Gasteiger charge is -2.15. The lowest BCUT2D eigenvalue weighted by Crippen LogP contribution is -2.38. The van der Waals surface area contributed by atoms with Crippen LogP contribution < -0.4 is 21.3 Å². The molecule has 2 atom stereocenters. The van der Waals surface area contributed by atoms with Gasteiger partial charge >= 0.3 is 6.09 Å². The van der Waals surface area contributed by atoms with Crippen molar-refractivity contribution in [2.75, 3.05) is 18.0 Å². The molecule has 1 saturated heterocycles. The van der Waals surface area contributed by atoms with Gasteiger partial charge in [0.15, 0.2) is 0 Å². The van der Waals surface area contributed by atoms with E-state index < -0.39 is 30.0 Å². The van der Waals surface area contributed by atoms with Gasteiger partial charge in [-0.2, -0.15) is 0 Å². The first-order chi connectivity index (χ1) is 14.7. The molecule has 0 bridgehead atoms. The third-order valence-corrected chi connectivity index (χ3v) is 5.02. The van der Waals surface area contributed by atoms with Crippen LogP contribution >= 0.6 is 0 Å². The number of nitrogens with two attached hydrogens (primary N) is 1. The summed E-state index contributed by atoms with van der Waals surface area (Å²) in [6, 6.07) is 11.4. The Labute approximate surface area is 179 Å². The van der Waals surface area contributed by atoms with Gasteiger partial charge in [0.2, 0.25) is 11.8 Å². The third kappa shape index (κ3) is 5.58. The van der Waals surface area contributed by atoms with Gasteiger partial charge in [0.1, 0.15) is 11.9 Å². The summed E-state index contributed by atoms with van der Waals surface area (Å²) in [6.07, 6.45) is -1.07. The number of carbonyl (C=O) groups is 3. The van der Waals surface area contributed by atoms with Gasteiger partial charge in [0, 0.05) is 19.0 Å². The molecule has 0 spiro atoms. The number of nitrogens with zero attached hydrogens (tertiary/aromatic N) is 1. The molecule has 1 aliphatic heterocycles. The molecule has 1 aliphatic rings. The van der Waals surface area contributed by atoms with E-state index in [0.29, 0.717) is 23.4 Å². The molecule has 3 amide bonds. The van der Waals surface area contributed by atoms with E-state index in [2.05, 4.69) is 10.6 Å². The second-order valence-corrected chi connectivity index (χ2v) is 7.42. The van der Waals surface area contributed by atoms with Crippen molar-refractivity contribution in [3.63, 3.8) is 0 Å². The van der Waals surface area contributed by atoms with E-state index in [1.54, 1.807) is 31.2 Å². The summed E-state index contributed by atoms with van der Waals surface area (Å²) in [4.78, 5) is 35.6. The number of hydrogen-bond donors (Lipinski definition) is 3. The van der Waals surface area contributed by atoms with Crippen LogP contribution in [0.2, 0.25) is 0 Å². The minimum Gasteiger partial charge on any atom is -0.442 e. The Morgan fingerprint density at radius 3 is 2.58 bits per heavy atom. The molecule has 3 rings (SSSR count). The fourth-order valence-electron chi connectivity index (χ4n) is 3.18. The molecule has 0 aliphatic carbocycles. The first-order valence-corrected chi connectivity index (χ1v) is 9.88. The Morgan fingerprint density at radius 1 is 1.26 bits per heavy atom. The highest BCUT2D eigenvalue weighted by Crippen LogP contribution is 2.29. The largest absolute Gasteiger partial charge is 0.442 e. The van der Waals surface area contributed by atoms with Gasteiger partial charge < -0.3 is 21.1 Å². The Bertz CT molecular complexity index is 980. The highest BCUT2D eigenvalue weighted by Gasteiger charge is 2.32. The van der Waals surface area contributed by atoms with Crippen molar-refractivity contribution in [1.29, 1.82) is 0 Å². The van der Waals surface area contributed by atoms with E-state index >= 15 is 0 Å². The Morgan fingerprint density at radius 2 is 1.97 bits per heavy atom. The van der Waals surface area contributed by atoms with E-state index in [1.165, 1.54) is 17.9 Å². The van der Waals surface area contributed by atoms with Crippen molar-refractivity contribution >= 4 is 23.6 Å². The Kier molecular flexibility index (Phi) is 6.86. The first kappa shape index (κ1) is 22.2. The van der Waals surface area contributed by atoms with E-state index in [-0.39, 0.29) is 19.0 Å². The summed E-state index contributed by atoms with van der Waals surface area (Å²) in [7, 11) is 0. The maximum Gasteiger partial charge on any atom is 0.414 e. The lowest BCUT2D eigenvalue weighted by molar-refractivity contribution is -0.120. The number of anilines is 1. The van der Waals surface area contributed by atoms with E-state index in [9.17, 15) is 18.8 Å². The normalized spacial score (nSPS) is 16.7. The summed E-state index contributed by atoms with van der Waals surface area (Å²) in [6.45, 7) is 3.96. The van der Waals surface area contributed by atoms with Crippen LogP contribution in [-0.2, 0) is 20.9 Å². The van der Waals surface area contributed by atoms with Crippen molar-refractivity contribution in [2.24, 2.45) is 5.73 Å². The number of benzene rings is 2. The minimum atomic E-state index is -0.579. The molecule has 1 heterocycles. The number of rotatable bonds is 8. The van der Waals surface area contributed by atoms with Gasteiger partial charge in [-0.15, -0.1) is 0 Å². The highest BCUT2D eigenvalue weighted by atomic mass is 19.1. The molecule has 9 heteroatoms. The standard InChI is InChI=1S/C22H25FN4O4/c1-13(21(24)29)25-10-15-3-5-16(6-4-15)19-8-7-17(9-20(19)23)27-12-18(31-22(27)30)11-26-14(2)28/h3-9,13,18,25H,10-12H2,1-2H3,(H2,24,29)(H,26,28)/t13-,18-/m0/s1. The van der Waals surface area contributed by atoms with Crippen LogP contribution in [-0.4, -0.2) is 43.1 Å². The van der Waals surface area contributed by atoms with Crippen LogP contribution in [0.4, 0.5) is 14.9 Å². The Balaban J connectivity index is 1.67. The van der Waals surface area contributed by atoms with E-state index in [0.717, 1.165) is 5.56 Å². The van der Waals surface area contributed by atoms with Crippen molar-refractivity contribution in [3.05, 3.63) is 53.8 Å². The van der Waals surface area contributed by atoms with Crippen molar-refractivity contribution < 1.29 is 23.5 Å². The molecule has 2 aromatic carbocycles. The first-order valence-electron chi connectivity index (χ1n) is 9.88. The number of nitrogens with one attached hydrogen (secondary N) is 2. The predicted octanol–water partition coefficient (Wildman–Crippen LogP) is 1.92. The molecule has 0 unspecified atom stereocenters. The van der Waals surface area contributed by atoms with Crippen LogP contribution in [0.15, 0.2) is 42.5 Å². The van der Waals surface area contributed by atoms with Crippen LogP contribution in [0.25, 0.3) is 11.1 Å². The molecule has 1 fully saturated rings. The number of cyclic esters (lactones) is 1. The monoisotopic (exact) mass is 428 g/mol. The molecule has 4 N–H and O–H groups in total. The summed E-state index contributed by atoms with van der Waals surface area (Å²) in [5, 5.41) is 5.61. The summed E-state index contributed by atoms with van der Waals surface area (Å²) >= 11 is 0. The van der Waals surface area contributed by atoms with Gasteiger partial charge in [-0.3, -0.25) is 14.5 Å². The Hall–Kier alpha value is -3.46. The second kappa shape index (κ2) is 9.57. The van der Waals surface area contributed by atoms with Crippen LogP contribution in [0.1, 0.15) is 19.4 Å². The summed E-state index contributed by atoms with van der Waals surface area (Å²) < 4.78 is 20.0. The summed E-state index contributed by atoms with van der Waals surface area (Å²) in [5.74, 6) is -1.11. The number of carbonyl (C=O) groups excluding carboxylic acids is 3. The summed E-state index contributed by atoms with van der Waals surface area (Å²) in [5.41, 5.74) is 7.62. The van der Waals surface area contributed by atoms with Gasteiger partial charge in [-0.25, -0.2) is 9.18 Å². The molecule has 8 nitrogen and oxygen atoms in total. The fraction of sp³-hybridized carbons (Fsp3) is 0.318. The third-order valence-electron chi connectivity index (χ3n) is 5.02. The molecule has 0 saturated carbocycles. The van der Waals surface area contributed by atoms with Gasteiger partial charge in [-0.05, 0) is 36.2 Å². The fourth-order valence-corrected chi connectivity index (χ4v) is 3.18. The minimum absolute atomic E-state index is 0.206. The predicted molar refractivity (Wildman–Crippen MR) is 114 cm³/mol. The van der Waals surface area contributed by atoms with Gasteiger partial charge in [-0.1, -0.05) is 24.3 Å². The van der Waals surface area contributed by atoms with E-state index in [1.807, 2.05) is 12.1 Å². The van der Waals surface area contributed by atoms with Crippen LogP contribution in [0, 0.1) is 5.82 Å². The molecular weight excluding hydrogens is 403 g/mol. The van der Waals surface area contributed by atoms with Gasteiger partial charge in [0.05, 0.1) is 24.8 Å². The molecule has 2 aromatic rings. The van der Waals surface area contributed by atoms with Crippen molar-refractivity contribution in [1.82, 2.24) is 10.6 Å². The zero-order valence-electron chi connectivity index (χ0n) is 17.4. The molecule has 0 radical (unpaired) electrons. The SMILES string of the molecule is CC(=O)NC[C@H]1CN(c2ccc(-c3ccc(CN[C@@H](C)C(N)=O)cc3)c(F)c2)C(=O)O1. The molecular formula is C22H25FN4O4. The number of halogens is 1. The highest BCUT2D eigenvalue weighted by molar-refractivity contribution is 5.90. The van der Waals surface area contributed by atoms with Crippen molar-refractivity contribution in [3.8, 4) is 11.1 Å².